The molecule has 212 valence electrons. The quantitative estimate of drug-likeness (QED) is 0.185. The molecule has 41 heavy (non-hydrogen) atoms. The van der Waals surface area contributed by atoms with Crippen molar-refractivity contribution in [1.29, 1.82) is 0 Å². The van der Waals surface area contributed by atoms with Crippen LogP contribution < -0.4 is 19.8 Å². The van der Waals surface area contributed by atoms with Crippen molar-refractivity contribution in [3.8, 4) is 5.75 Å². The molecule has 10 nitrogen and oxygen atoms in total. The number of benzene rings is 3. The van der Waals surface area contributed by atoms with Gasteiger partial charge in [0.25, 0.3) is 11.8 Å². The van der Waals surface area contributed by atoms with Crippen LogP contribution in [0.1, 0.15) is 27.2 Å². The number of rotatable bonds is 12. The zero-order valence-electron chi connectivity index (χ0n) is 22.0. The lowest BCUT2D eigenvalue weighted by molar-refractivity contribution is -0.123. The third kappa shape index (κ3) is 8.69. The highest BCUT2D eigenvalue weighted by Gasteiger charge is 2.19. The van der Waals surface area contributed by atoms with Crippen LogP contribution in [0.25, 0.3) is 0 Å². The van der Waals surface area contributed by atoms with Crippen LogP contribution in [0.2, 0.25) is 5.02 Å². The van der Waals surface area contributed by atoms with Gasteiger partial charge in [-0.2, -0.15) is 5.10 Å². The van der Waals surface area contributed by atoms with E-state index in [0.29, 0.717) is 38.9 Å². The van der Waals surface area contributed by atoms with E-state index in [0.717, 1.165) is 6.26 Å². The molecule has 12 heteroatoms. The standard InChI is InChI=1S/C29H27ClN4O6S/c1-41(37,38)34(19-23-5-2-3-7-27(23)30)24-12-10-22(11-13-24)29(36)33-32-17-21-8-14-25(15-9-21)40-20-28(35)31-18-26-6-4-16-39-26/h2-17H,18-20H2,1H3,(H,31,35)(H,33,36)/b32-17+. The minimum Gasteiger partial charge on any atom is -0.484 e. The van der Waals surface area contributed by atoms with Crippen LogP contribution in [0.3, 0.4) is 0 Å². The smallest absolute Gasteiger partial charge is 0.271 e. The Morgan fingerprint density at radius 2 is 1.73 bits per heavy atom. The molecule has 1 heterocycles. The Labute approximate surface area is 242 Å². The molecule has 0 aliphatic rings. The van der Waals surface area contributed by atoms with Crippen LogP contribution in [-0.2, 0) is 27.9 Å². The number of sulfonamides is 1. The van der Waals surface area contributed by atoms with Gasteiger partial charge < -0.3 is 14.5 Å². The molecule has 0 radical (unpaired) electrons. The van der Waals surface area contributed by atoms with Gasteiger partial charge in [0.1, 0.15) is 11.5 Å². The van der Waals surface area contributed by atoms with Gasteiger partial charge in [0.2, 0.25) is 10.0 Å². The summed E-state index contributed by atoms with van der Waals surface area (Å²) < 4.78 is 36.8. The lowest BCUT2D eigenvalue weighted by atomic mass is 10.2. The average molecular weight is 595 g/mol. The fourth-order valence-electron chi connectivity index (χ4n) is 3.64. The van der Waals surface area contributed by atoms with E-state index in [1.807, 2.05) is 0 Å². The highest BCUT2D eigenvalue weighted by atomic mass is 35.5. The van der Waals surface area contributed by atoms with E-state index in [4.69, 9.17) is 20.8 Å². The van der Waals surface area contributed by atoms with E-state index in [1.165, 1.54) is 28.9 Å². The van der Waals surface area contributed by atoms with Gasteiger partial charge >= 0.3 is 0 Å². The van der Waals surface area contributed by atoms with Crippen LogP contribution >= 0.6 is 11.6 Å². The lowest BCUT2D eigenvalue weighted by Gasteiger charge is -2.23. The molecule has 0 bridgehead atoms. The lowest BCUT2D eigenvalue weighted by Crippen LogP contribution is -2.29. The number of amides is 2. The molecule has 2 N–H and O–H groups in total. The number of anilines is 1. The largest absolute Gasteiger partial charge is 0.484 e. The van der Waals surface area contributed by atoms with Gasteiger partial charge in [0, 0.05) is 10.6 Å². The van der Waals surface area contributed by atoms with Crippen LogP contribution in [0.15, 0.2) is 101 Å². The average Bonchev–Trinajstić information content (AvgIpc) is 3.48. The van der Waals surface area contributed by atoms with E-state index in [2.05, 4.69) is 15.8 Å². The minimum atomic E-state index is -3.61. The molecular weight excluding hydrogens is 568 g/mol. The second-order valence-electron chi connectivity index (χ2n) is 8.82. The molecule has 0 spiro atoms. The first-order valence-electron chi connectivity index (χ1n) is 12.4. The van der Waals surface area contributed by atoms with Crippen LogP contribution in [0, 0.1) is 0 Å². The Morgan fingerprint density at radius 1 is 1.00 bits per heavy atom. The molecule has 4 rings (SSSR count). The van der Waals surface area contributed by atoms with E-state index in [1.54, 1.807) is 72.8 Å². The van der Waals surface area contributed by atoms with Crippen molar-refractivity contribution in [2.75, 3.05) is 17.2 Å². The molecule has 0 saturated heterocycles. The zero-order valence-corrected chi connectivity index (χ0v) is 23.6. The van der Waals surface area contributed by atoms with Gasteiger partial charge in [-0.1, -0.05) is 29.8 Å². The summed E-state index contributed by atoms with van der Waals surface area (Å²) >= 11 is 6.21. The molecule has 0 unspecified atom stereocenters. The van der Waals surface area contributed by atoms with Crippen LogP contribution in [0.5, 0.6) is 5.75 Å². The maximum Gasteiger partial charge on any atom is 0.271 e. The van der Waals surface area contributed by atoms with Crippen molar-refractivity contribution >= 4 is 45.3 Å². The van der Waals surface area contributed by atoms with Gasteiger partial charge in [-0.15, -0.1) is 0 Å². The molecule has 0 fully saturated rings. The van der Waals surface area contributed by atoms with Crippen LogP contribution in [0.4, 0.5) is 5.69 Å². The summed E-state index contributed by atoms with van der Waals surface area (Å²) in [6.45, 7) is 0.186. The third-order valence-corrected chi connectivity index (χ3v) is 7.27. The molecule has 1 aromatic heterocycles. The SMILES string of the molecule is CS(=O)(=O)N(Cc1ccccc1Cl)c1ccc(C(=O)N/N=C/c2ccc(OCC(=O)NCc3ccco3)cc2)cc1. The van der Waals surface area contributed by atoms with E-state index >= 15 is 0 Å². The van der Waals surface area contributed by atoms with Crippen molar-refractivity contribution in [3.63, 3.8) is 0 Å². The van der Waals surface area contributed by atoms with Crippen molar-refractivity contribution in [2.24, 2.45) is 5.10 Å². The predicted molar refractivity (Wildman–Crippen MR) is 156 cm³/mol. The first-order chi connectivity index (χ1) is 19.7. The molecule has 0 aliphatic carbocycles. The number of furan rings is 1. The number of carbonyl (C=O) groups excluding carboxylic acids is 2. The van der Waals surface area contributed by atoms with Gasteiger partial charge in [-0.3, -0.25) is 13.9 Å². The molecule has 0 aliphatic heterocycles. The highest BCUT2D eigenvalue weighted by Crippen LogP contribution is 2.24. The number of carbonyl (C=O) groups is 2. The number of nitrogens with zero attached hydrogens (tertiary/aromatic N) is 2. The van der Waals surface area contributed by atoms with E-state index in [9.17, 15) is 18.0 Å². The fraction of sp³-hybridized carbons (Fsp3) is 0.138. The predicted octanol–water partition coefficient (Wildman–Crippen LogP) is 4.36. The van der Waals surface area contributed by atoms with Crippen molar-refractivity contribution in [2.45, 2.75) is 13.1 Å². The topological polar surface area (TPSA) is 130 Å². The van der Waals surface area contributed by atoms with Crippen molar-refractivity contribution < 1.29 is 27.2 Å². The Hall–Kier alpha value is -4.61. The highest BCUT2D eigenvalue weighted by molar-refractivity contribution is 7.92. The van der Waals surface area contributed by atoms with Crippen molar-refractivity contribution in [1.82, 2.24) is 10.7 Å². The zero-order chi connectivity index (χ0) is 29.2. The number of hydrogen-bond acceptors (Lipinski definition) is 7. The van der Waals surface area contributed by atoms with Gasteiger partial charge in [-0.25, -0.2) is 13.8 Å². The first-order valence-corrected chi connectivity index (χ1v) is 14.6. The third-order valence-electron chi connectivity index (χ3n) is 5.76. The summed E-state index contributed by atoms with van der Waals surface area (Å²) in [7, 11) is -3.61. The second-order valence-corrected chi connectivity index (χ2v) is 11.1. The summed E-state index contributed by atoms with van der Waals surface area (Å²) in [5, 5.41) is 7.13. The number of hydrazone groups is 1. The summed E-state index contributed by atoms with van der Waals surface area (Å²) in [5.41, 5.74) is 4.48. The molecule has 4 aromatic rings. The summed E-state index contributed by atoms with van der Waals surface area (Å²) in [6.07, 6.45) is 4.10. The van der Waals surface area contributed by atoms with Gasteiger partial charge in [-0.05, 0) is 77.9 Å². The summed E-state index contributed by atoms with van der Waals surface area (Å²) in [4.78, 5) is 24.5. The fourth-order valence-corrected chi connectivity index (χ4v) is 4.71. The van der Waals surface area contributed by atoms with Crippen LogP contribution in [-0.4, -0.2) is 39.3 Å². The number of halogens is 1. The molecule has 3 aromatic carbocycles. The summed E-state index contributed by atoms with van der Waals surface area (Å²) in [6, 6.07) is 23.4. The van der Waals surface area contributed by atoms with Crippen molar-refractivity contribution in [3.05, 3.63) is 119 Å². The van der Waals surface area contributed by atoms with E-state index < -0.39 is 15.9 Å². The first kappa shape index (κ1) is 29.4. The van der Waals surface area contributed by atoms with E-state index in [-0.39, 0.29) is 25.6 Å². The number of ether oxygens (including phenoxy) is 1. The number of nitrogens with one attached hydrogen (secondary N) is 2. The maximum absolute atomic E-state index is 12.5. The minimum absolute atomic E-state index is 0.0527. The number of hydrogen-bond donors (Lipinski definition) is 2. The van der Waals surface area contributed by atoms with Gasteiger partial charge in [0.15, 0.2) is 6.61 Å². The molecule has 0 atom stereocenters. The molecule has 0 saturated carbocycles. The molecule has 2 amide bonds. The Morgan fingerprint density at radius 3 is 2.39 bits per heavy atom. The molecular formula is C29H27ClN4O6S. The normalized spacial score (nSPS) is 11.3. The Kier molecular flexibility index (Phi) is 9.77. The Balaban J connectivity index is 1.28. The monoisotopic (exact) mass is 594 g/mol. The maximum atomic E-state index is 12.5. The Bertz CT molecular complexity index is 1610. The second kappa shape index (κ2) is 13.6. The van der Waals surface area contributed by atoms with Gasteiger partial charge in [0.05, 0.1) is 37.5 Å². The summed E-state index contributed by atoms with van der Waals surface area (Å²) in [5.74, 6) is 0.393.